The molecule has 4 rings (SSSR count). The molecule has 0 aliphatic carbocycles. The average molecular weight is 302 g/mol. The van der Waals surface area contributed by atoms with Gasteiger partial charge >= 0.3 is 0 Å². The number of hydrogen-bond acceptors (Lipinski definition) is 2. The van der Waals surface area contributed by atoms with Gasteiger partial charge in [0.1, 0.15) is 0 Å². The molecule has 0 unspecified atom stereocenters. The topological polar surface area (TPSA) is 16.1 Å². The summed E-state index contributed by atoms with van der Waals surface area (Å²) in [6, 6.07) is 17.2. The minimum Gasteiger partial charge on any atom is -0.370 e. The third-order valence-corrected chi connectivity index (χ3v) is 4.96. The van der Waals surface area contributed by atoms with Gasteiger partial charge in [0.05, 0.1) is 11.2 Å². The maximum atomic E-state index is 4.83. The van der Waals surface area contributed by atoms with Crippen LogP contribution in [0, 0.1) is 13.8 Å². The van der Waals surface area contributed by atoms with Crippen molar-refractivity contribution in [2.24, 2.45) is 0 Å². The summed E-state index contributed by atoms with van der Waals surface area (Å²) in [7, 11) is 0. The number of pyridine rings is 1. The van der Waals surface area contributed by atoms with Crippen molar-refractivity contribution < 1.29 is 0 Å². The Morgan fingerprint density at radius 1 is 1.00 bits per heavy atom. The molecule has 1 aliphatic rings. The quantitative estimate of drug-likeness (QED) is 0.710. The predicted molar refractivity (Wildman–Crippen MR) is 97.3 cm³/mol. The van der Waals surface area contributed by atoms with Crippen LogP contribution < -0.4 is 4.90 Å². The highest BCUT2D eigenvalue weighted by molar-refractivity contribution is 5.97. The Bertz CT molecular complexity index is 853. The van der Waals surface area contributed by atoms with E-state index < -0.39 is 0 Å². The zero-order valence-electron chi connectivity index (χ0n) is 13.8. The van der Waals surface area contributed by atoms with Crippen molar-refractivity contribution >= 4 is 16.6 Å². The smallest absolute Gasteiger partial charge is 0.0728 e. The van der Waals surface area contributed by atoms with Crippen LogP contribution in [0.4, 0.5) is 5.69 Å². The van der Waals surface area contributed by atoms with E-state index >= 15 is 0 Å². The standard InChI is InChI=1S/C21H22N2/c1-15-7-6-10-19-20(15)21-18(16(2)22-19)12-14-23(21)13-11-17-8-4-3-5-9-17/h3-10H,11-14H2,1-2H3. The Kier molecular flexibility index (Phi) is 3.53. The summed E-state index contributed by atoms with van der Waals surface area (Å²) in [6.45, 7) is 6.54. The van der Waals surface area contributed by atoms with Crippen molar-refractivity contribution in [1.82, 2.24) is 4.98 Å². The predicted octanol–water partition coefficient (Wildman–Crippen LogP) is 4.46. The maximum Gasteiger partial charge on any atom is 0.0728 e. The summed E-state index contributed by atoms with van der Waals surface area (Å²) in [5, 5.41) is 1.35. The molecular formula is C21H22N2. The van der Waals surface area contributed by atoms with E-state index in [0.29, 0.717) is 0 Å². The number of nitrogens with zero attached hydrogens (tertiary/aromatic N) is 2. The van der Waals surface area contributed by atoms with Crippen molar-refractivity contribution in [1.29, 1.82) is 0 Å². The highest BCUT2D eigenvalue weighted by atomic mass is 15.1. The molecule has 2 heterocycles. The number of hydrogen-bond donors (Lipinski definition) is 0. The minimum atomic E-state index is 1.07. The molecule has 0 bridgehead atoms. The molecule has 0 radical (unpaired) electrons. The summed E-state index contributed by atoms with van der Waals surface area (Å²) >= 11 is 0. The SMILES string of the molecule is Cc1nc2cccc(C)c2c2c1CCN2CCc1ccccc1. The first-order valence-corrected chi connectivity index (χ1v) is 8.42. The molecule has 116 valence electrons. The van der Waals surface area contributed by atoms with Crippen molar-refractivity contribution in [2.45, 2.75) is 26.7 Å². The van der Waals surface area contributed by atoms with Crippen LogP contribution in [0.5, 0.6) is 0 Å². The summed E-state index contributed by atoms with van der Waals surface area (Å²) < 4.78 is 0. The third-order valence-electron chi connectivity index (χ3n) is 4.96. The van der Waals surface area contributed by atoms with Gasteiger partial charge in [-0.1, -0.05) is 42.5 Å². The van der Waals surface area contributed by atoms with Gasteiger partial charge < -0.3 is 4.90 Å². The number of rotatable bonds is 3. The van der Waals surface area contributed by atoms with Crippen molar-refractivity contribution in [2.75, 3.05) is 18.0 Å². The summed E-state index contributed by atoms with van der Waals surface area (Å²) in [4.78, 5) is 7.40. The van der Waals surface area contributed by atoms with Crippen LogP contribution in [-0.4, -0.2) is 18.1 Å². The largest absolute Gasteiger partial charge is 0.370 e. The number of aromatic nitrogens is 1. The highest BCUT2D eigenvalue weighted by Crippen LogP contribution is 2.38. The van der Waals surface area contributed by atoms with Crippen LogP contribution in [0.3, 0.4) is 0 Å². The molecule has 0 saturated carbocycles. The van der Waals surface area contributed by atoms with Gasteiger partial charge in [0.15, 0.2) is 0 Å². The fourth-order valence-corrected chi connectivity index (χ4v) is 3.76. The fourth-order valence-electron chi connectivity index (χ4n) is 3.76. The molecule has 0 atom stereocenters. The minimum absolute atomic E-state index is 1.07. The van der Waals surface area contributed by atoms with Crippen LogP contribution in [0.15, 0.2) is 48.5 Å². The lowest BCUT2D eigenvalue weighted by molar-refractivity contribution is 0.814. The molecule has 0 N–H and O–H groups in total. The molecule has 2 nitrogen and oxygen atoms in total. The number of fused-ring (bicyclic) bond motifs is 3. The van der Waals surface area contributed by atoms with E-state index in [1.54, 1.807) is 0 Å². The average Bonchev–Trinajstić information content (AvgIpc) is 2.99. The van der Waals surface area contributed by atoms with E-state index in [1.165, 1.54) is 33.5 Å². The van der Waals surface area contributed by atoms with E-state index in [4.69, 9.17) is 4.98 Å². The second kappa shape index (κ2) is 5.69. The van der Waals surface area contributed by atoms with Gasteiger partial charge in [-0.3, -0.25) is 4.98 Å². The molecule has 0 saturated heterocycles. The van der Waals surface area contributed by atoms with Crippen LogP contribution >= 0.6 is 0 Å². The second-order valence-electron chi connectivity index (χ2n) is 6.47. The molecule has 0 fully saturated rings. The Hall–Kier alpha value is -2.35. The van der Waals surface area contributed by atoms with Gasteiger partial charge in [-0.05, 0) is 49.4 Å². The van der Waals surface area contributed by atoms with Crippen LogP contribution in [-0.2, 0) is 12.8 Å². The summed E-state index contributed by atoms with van der Waals surface area (Å²) in [5.74, 6) is 0. The van der Waals surface area contributed by atoms with Gasteiger partial charge in [-0.15, -0.1) is 0 Å². The molecule has 0 spiro atoms. The lowest BCUT2D eigenvalue weighted by atomic mass is 10.0. The second-order valence-corrected chi connectivity index (χ2v) is 6.47. The Labute approximate surface area is 137 Å². The van der Waals surface area contributed by atoms with Gasteiger partial charge in [-0.2, -0.15) is 0 Å². The zero-order valence-corrected chi connectivity index (χ0v) is 13.8. The first kappa shape index (κ1) is 14.3. The van der Waals surface area contributed by atoms with Crippen LogP contribution in [0.2, 0.25) is 0 Å². The Balaban J connectivity index is 1.74. The number of benzene rings is 2. The Morgan fingerprint density at radius 2 is 1.83 bits per heavy atom. The monoisotopic (exact) mass is 302 g/mol. The van der Waals surface area contributed by atoms with Crippen molar-refractivity contribution in [3.63, 3.8) is 0 Å². The number of aryl methyl sites for hydroxylation is 2. The lowest BCUT2D eigenvalue weighted by Gasteiger charge is -2.22. The van der Waals surface area contributed by atoms with Gasteiger partial charge in [0.25, 0.3) is 0 Å². The molecule has 3 aromatic rings. The first-order valence-electron chi connectivity index (χ1n) is 8.42. The van der Waals surface area contributed by atoms with E-state index in [-0.39, 0.29) is 0 Å². The van der Waals surface area contributed by atoms with E-state index in [9.17, 15) is 0 Å². The number of anilines is 1. The van der Waals surface area contributed by atoms with E-state index in [1.807, 2.05) is 0 Å². The normalized spacial score (nSPS) is 13.6. The van der Waals surface area contributed by atoms with Gasteiger partial charge in [0, 0.05) is 24.2 Å². The van der Waals surface area contributed by atoms with Crippen LogP contribution in [0.25, 0.3) is 10.9 Å². The highest BCUT2D eigenvalue weighted by Gasteiger charge is 2.24. The Morgan fingerprint density at radius 3 is 2.65 bits per heavy atom. The molecular weight excluding hydrogens is 280 g/mol. The van der Waals surface area contributed by atoms with Crippen LogP contribution in [0.1, 0.15) is 22.4 Å². The molecule has 1 aliphatic heterocycles. The zero-order chi connectivity index (χ0) is 15.8. The summed E-state index contributed by atoms with van der Waals surface area (Å²) in [5.41, 5.74) is 7.94. The molecule has 1 aromatic heterocycles. The lowest BCUT2D eigenvalue weighted by Crippen LogP contribution is -2.23. The van der Waals surface area contributed by atoms with Crippen molar-refractivity contribution in [3.8, 4) is 0 Å². The van der Waals surface area contributed by atoms with Gasteiger partial charge in [-0.25, -0.2) is 0 Å². The van der Waals surface area contributed by atoms with E-state index in [0.717, 1.165) is 31.4 Å². The molecule has 2 aromatic carbocycles. The third kappa shape index (κ3) is 2.48. The van der Waals surface area contributed by atoms with E-state index in [2.05, 4.69) is 67.3 Å². The molecule has 2 heteroatoms. The molecule has 0 amide bonds. The van der Waals surface area contributed by atoms with Crippen molar-refractivity contribution in [3.05, 3.63) is 70.9 Å². The summed E-state index contributed by atoms with van der Waals surface area (Å²) in [6.07, 6.45) is 2.21. The molecule has 23 heavy (non-hydrogen) atoms. The maximum absolute atomic E-state index is 4.83. The first-order chi connectivity index (χ1) is 11.2. The fraction of sp³-hybridized carbons (Fsp3) is 0.286. The van der Waals surface area contributed by atoms with Gasteiger partial charge in [0.2, 0.25) is 0 Å².